The highest BCUT2D eigenvalue weighted by Crippen LogP contribution is 2.32. The van der Waals surface area contributed by atoms with E-state index in [4.69, 9.17) is 14.6 Å². The number of allylic oxidation sites excluding steroid dienone is 1. The summed E-state index contributed by atoms with van der Waals surface area (Å²) in [4.78, 5) is 9.00. The van der Waals surface area contributed by atoms with Gasteiger partial charge in [-0.15, -0.1) is 0 Å². The van der Waals surface area contributed by atoms with Gasteiger partial charge in [-0.2, -0.15) is 0 Å². The van der Waals surface area contributed by atoms with Gasteiger partial charge >= 0.3 is 0 Å². The molecule has 94 valence electrons. The molecule has 0 heterocycles. The van der Waals surface area contributed by atoms with Crippen LogP contribution in [-0.4, -0.2) is 23.3 Å². The number of phenolic OH excluding ortho intramolecular Hbond substituents is 1. The third kappa shape index (κ3) is 5.06. The van der Waals surface area contributed by atoms with Crippen molar-refractivity contribution in [2.75, 3.05) is 7.11 Å². The van der Waals surface area contributed by atoms with Crippen molar-refractivity contribution in [3.05, 3.63) is 29.3 Å². The average Bonchev–Trinajstić information content (AvgIpc) is 2.22. The molecule has 0 aliphatic heterocycles. The van der Waals surface area contributed by atoms with Gasteiger partial charge in [0.25, 0.3) is 5.97 Å². The summed E-state index contributed by atoms with van der Waals surface area (Å²) in [5.74, 6) is -0.0937. The maximum atomic E-state index is 9.43. The molecular weight excluding hydrogens is 220 g/mol. The van der Waals surface area contributed by atoms with Crippen LogP contribution in [0.2, 0.25) is 0 Å². The molecule has 0 unspecified atom stereocenters. The predicted molar refractivity (Wildman–Crippen MR) is 67.4 cm³/mol. The van der Waals surface area contributed by atoms with Crippen LogP contribution in [-0.2, 0) is 4.79 Å². The molecule has 0 spiro atoms. The molecule has 0 aromatic heterocycles. The van der Waals surface area contributed by atoms with Crippen LogP contribution in [0.4, 0.5) is 0 Å². The number of carbonyl (C=O) groups is 1. The first-order valence-corrected chi connectivity index (χ1v) is 5.12. The van der Waals surface area contributed by atoms with Gasteiger partial charge < -0.3 is 14.9 Å². The van der Waals surface area contributed by atoms with E-state index < -0.39 is 5.97 Å². The van der Waals surface area contributed by atoms with Crippen LogP contribution in [0.3, 0.4) is 0 Å². The maximum Gasteiger partial charge on any atom is 0.300 e. The van der Waals surface area contributed by atoms with E-state index in [9.17, 15) is 5.11 Å². The molecule has 0 saturated carbocycles. The first-order valence-electron chi connectivity index (χ1n) is 5.12. The van der Waals surface area contributed by atoms with E-state index in [1.807, 2.05) is 32.1 Å². The molecule has 0 saturated heterocycles. The number of aliphatic carboxylic acids is 1. The lowest BCUT2D eigenvalue weighted by atomic mass is 10.1. The number of phenols is 1. The largest absolute Gasteiger partial charge is 0.504 e. The van der Waals surface area contributed by atoms with Gasteiger partial charge in [-0.1, -0.05) is 18.2 Å². The normalized spacial score (nSPS) is 9.65. The van der Waals surface area contributed by atoms with E-state index in [1.165, 1.54) is 0 Å². The van der Waals surface area contributed by atoms with E-state index in [1.54, 1.807) is 13.2 Å². The molecule has 0 fully saturated rings. The molecule has 0 radical (unpaired) electrons. The number of aromatic hydroxyl groups is 1. The molecular formula is C13H18O4. The quantitative estimate of drug-likeness (QED) is 0.831. The van der Waals surface area contributed by atoms with Crippen molar-refractivity contribution >= 4 is 12.0 Å². The number of hydrogen-bond donors (Lipinski definition) is 2. The summed E-state index contributed by atoms with van der Waals surface area (Å²) in [6.45, 7) is 4.96. The van der Waals surface area contributed by atoms with E-state index in [0.717, 1.165) is 18.1 Å². The minimum absolute atomic E-state index is 0.188. The fourth-order valence-corrected chi connectivity index (χ4v) is 1.31. The standard InChI is InChI=1S/C11H14O2.C2H4O2/c1-4-5-9-6-7-10(12)11(13-3)8(9)2;1-2(3)4/h4-7,12H,1-3H3;1H3,(H,3,4). The molecule has 0 aliphatic carbocycles. The Kier molecular flexibility index (Phi) is 6.48. The molecule has 0 aliphatic rings. The first-order chi connectivity index (χ1) is 7.93. The van der Waals surface area contributed by atoms with E-state index in [2.05, 4.69) is 0 Å². The molecule has 1 rings (SSSR count). The third-order valence-electron chi connectivity index (χ3n) is 1.98. The van der Waals surface area contributed by atoms with Crippen LogP contribution in [0.15, 0.2) is 18.2 Å². The predicted octanol–water partition coefficient (Wildman–Crippen LogP) is 2.83. The zero-order chi connectivity index (χ0) is 13.4. The van der Waals surface area contributed by atoms with Crippen LogP contribution >= 0.6 is 0 Å². The Morgan fingerprint density at radius 1 is 1.41 bits per heavy atom. The number of carboxylic acid groups (broad SMARTS) is 1. The molecule has 0 amide bonds. The lowest BCUT2D eigenvalue weighted by Gasteiger charge is -2.09. The summed E-state index contributed by atoms with van der Waals surface area (Å²) in [5, 5.41) is 16.9. The van der Waals surface area contributed by atoms with Crippen LogP contribution < -0.4 is 4.74 Å². The van der Waals surface area contributed by atoms with Gasteiger partial charge in [0, 0.05) is 12.5 Å². The average molecular weight is 238 g/mol. The van der Waals surface area contributed by atoms with E-state index in [0.29, 0.717) is 5.75 Å². The molecule has 4 heteroatoms. The van der Waals surface area contributed by atoms with Crippen molar-refractivity contribution in [3.8, 4) is 11.5 Å². The smallest absolute Gasteiger partial charge is 0.300 e. The van der Waals surface area contributed by atoms with E-state index >= 15 is 0 Å². The number of hydrogen-bond acceptors (Lipinski definition) is 3. The SMILES string of the molecule is CC(=O)O.CC=Cc1ccc(O)c(OC)c1C. The van der Waals surface area contributed by atoms with E-state index in [-0.39, 0.29) is 5.75 Å². The number of benzene rings is 1. The zero-order valence-electron chi connectivity index (χ0n) is 10.5. The summed E-state index contributed by atoms with van der Waals surface area (Å²) in [7, 11) is 1.56. The number of carboxylic acids is 1. The highest BCUT2D eigenvalue weighted by Gasteiger charge is 2.06. The summed E-state index contributed by atoms with van der Waals surface area (Å²) in [6, 6.07) is 3.51. The molecule has 0 atom stereocenters. The Labute approximate surface area is 101 Å². The highest BCUT2D eigenvalue weighted by atomic mass is 16.5. The molecule has 1 aromatic rings. The fraction of sp³-hybridized carbons (Fsp3) is 0.308. The Morgan fingerprint density at radius 2 is 1.94 bits per heavy atom. The van der Waals surface area contributed by atoms with Gasteiger partial charge in [0.15, 0.2) is 11.5 Å². The van der Waals surface area contributed by atoms with Crippen molar-refractivity contribution in [1.29, 1.82) is 0 Å². The molecule has 4 nitrogen and oxygen atoms in total. The summed E-state index contributed by atoms with van der Waals surface area (Å²) < 4.78 is 5.08. The highest BCUT2D eigenvalue weighted by molar-refractivity contribution is 5.63. The van der Waals surface area contributed by atoms with Crippen molar-refractivity contribution in [2.45, 2.75) is 20.8 Å². The molecule has 1 aromatic carbocycles. The Balaban J connectivity index is 0.000000557. The topological polar surface area (TPSA) is 66.8 Å². The second-order valence-corrected chi connectivity index (χ2v) is 3.35. The van der Waals surface area contributed by atoms with Crippen LogP contribution in [0.1, 0.15) is 25.0 Å². The lowest BCUT2D eigenvalue weighted by Crippen LogP contribution is -1.90. The van der Waals surface area contributed by atoms with Crippen LogP contribution in [0.5, 0.6) is 11.5 Å². The van der Waals surface area contributed by atoms with Crippen LogP contribution in [0.25, 0.3) is 6.08 Å². The molecule has 2 N–H and O–H groups in total. The third-order valence-corrected chi connectivity index (χ3v) is 1.98. The molecule has 0 bridgehead atoms. The summed E-state index contributed by atoms with van der Waals surface area (Å²) in [5.41, 5.74) is 2.03. The fourth-order valence-electron chi connectivity index (χ4n) is 1.31. The van der Waals surface area contributed by atoms with Gasteiger partial charge in [0.05, 0.1) is 7.11 Å². The summed E-state index contributed by atoms with van der Waals surface area (Å²) in [6.07, 6.45) is 3.94. The van der Waals surface area contributed by atoms with Crippen molar-refractivity contribution in [1.82, 2.24) is 0 Å². The Hall–Kier alpha value is -1.97. The number of rotatable bonds is 2. The van der Waals surface area contributed by atoms with Gasteiger partial charge in [-0.25, -0.2) is 0 Å². The van der Waals surface area contributed by atoms with Crippen LogP contribution in [0, 0.1) is 6.92 Å². The summed E-state index contributed by atoms with van der Waals surface area (Å²) >= 11 is 0. The monoisotopic (exact) mass is 238 g/mol. The van der Waals surface area contributed by atoms with Gasteiger partial charge in [0.1, 0.15) is 0 Å². The van der Waals surface area contributed by atoms with Crippen molar-refractivity contribution in [2.24, 2.45) is 0 Å². The van der Waals surface area contributed by atoms with Gasteiger partial charge in [0.2, 0.25) is 0 Å². The van der Waals surface area contributed by atoms with Gasteiger partial charge in [-0.3, -0.25) is 4.79 Å². The van der Waals surface area contributed by atoms with Gasteiger partial charge in [-0.05, 0) is 25.5 Å². The Bertz CT molecular complexity index is 404. The lowest BCUT2D eigenvalue weighted by molar-refractivity contribution is -0.134. The van der Waals surface area contributed by atoms with Crippen molar-refractivity contribution < 1.29 is 19.7 Å². The second-order valence-electron chi connectivity index (χ2n) is 3.35. The number of methoxy groups -OCH3 is 1. The second kappa shape index (κ2) is 7.33. The zero-order valence-corrected chi connectivity index (χ0v) is 10.5. The number of ether oxygens (including phenoxy) is 1. The molecule has 17 heavy (non-hydrogen) atoms. The maximum absolute atomic E-state index is 9.43. The Morgan fingerprint density at radius 3 is 2.35 bits per heavy atom. The first kappa shape index (κ1) is 15.0. The minimum Gasteiger partial charge on any atom is -0.504 e. The minimum atomic E-state index is -0.833. The van der Waals surface area contributed by atoms with Crippen molar-refractivity contribution in [3.63, 3.8) is 0 Å².